The highest BCUT2D eigenvalue weighted by Crippen LogP contribution is 2.60. The van der Waals surface area contributed by atoms with Gasteiger partial charge in [-0.15, -0.1) is 0 Å². The quantitative estimate of drug-likeness (QED) is 0.768. The topological polar surface area (TPSA) is 65.5 Å². The summed E-state index contributed by atoms with van der Waals surface area (Å²) in [6.07, 6.45) is 9.18. The number of hydrogen-bond acceptors (Lipinski definition) is 3. The molecule has 4 aliphatic carbocycles. The molecule has 1 aliphatic heterocycles. The van der Waals surface area contributed by atoms with Gasteiger partial charge >= 0.3 is 6.03 Å². The number of carbonyl (C=O) groups is 2. The number of carbonyl (C=O) groups excluding carboxylic acids is 2. The van der Waals surface area contributed by atoms with Crippen molar-refractivity contribution < 1.29 is 9.59 Å². The second-order valence-corrected chi connectivity index (χ2v) is 11.4. The van der Waals surface area contributed by atoms with Gasteiger partial charge in [0.2, 0.25) is 5.91 Å². The molecule has 6 rings (SSSR count). The van der Waals surface area contributed by atoms with Crippen LogP contribution < -0.4 is 5.32 Å². The Hall–Kier alpha value is -2.11. The molecule has 1 atom stereocenters. The zero-order valence-electron chi connectivity index (χ0n) is 19.8. The molecule has 5 aliphatic rings. The second-order valence-electron chi connectivity index (χ2n) is 11.4. The fourth-order valence-electron chi connectivity index (χ4n) is 7.42. The highest BCUT2D eigenvalue weighted by atomic mass is 16.2. The van der Waals surface area contributed by atoms with E-state index in [1.54, 1.807) is 6.20 Å². The van der Waals surface area contributed by atoms with Gasteiger partial charge < -0.3 is 15.1 Å². The molecule has 6 nitrogen and oxygen atoms in total. The molecule has 174 valence electrons. The smallest absolute Gasteiger partial charge is 0.318 e. The standard InChI is InChI=1S/C26H38N4O2/c1-17(2)22(23-18(3)5-4-6-27-23)28-25(32)30-9-7-29(8-10-30)24(31)26-14-19-11-20(15-26)13-21(12-19)16-26/h4-6,17,19-22H,7-16H2,1-3H3,(H,28,32). The van der Waals surface area contributed by atoms with E-state index in [1.165, 1.54) is 19.3 Å². The highest BCUT2D eigenvalue weighted by Gasteiger charge is 2.55. The molecular formula is C26H38N4O2. The first-order valence-electron chi connectivity index (χ1n) is 12.6. The number of amides is 3. The predicted octanol–water partition coefficient (Wildman–Crippen LogP) is 4.16. The van der Waals surface area contributed by atoms with Crippen LogP contribution in [0.1, 0.15) is 69.7 Å². The van der Waals surface area contributed by atoms with Gasteiger partial charge in [0, 0.05) is 32.4 Å². The van der Waals surface area contributed by atoms with Crippen molar-refractivity contribution in [1.29, 1.82) is 0 Å². The normalized spacial score (nSPS) is 32.3. The number of piperazine rings is 1. The SMILES string of the molecule is Cc1cccnc1C(NC(=O)N1CCN(C(=O)C23CC4CC(CC(C4)C2)C3)CC1)C(C)C. The molecule has 6 heteroatoms. The van der Waals surface area contributed by atoms with E-state index in [-0.39, 0.29) is 23.4 Å². The number of rotatable bonds is 4. The Bertz CT molecular complexity index is 839. The summed E-state index contributed by atoms with van der Waals surface area (Å²) in [6, 6.07) is 3.81. The minimum atomic E-state index is -0.115. The number of urea groups is 1. The van der Waals surface area contributed by atoms with Gasteiger partial charge in [0.25, 0.3) is 0 Å². The summed E-state index contributed by atoms with van der Waals surface area (Å²) in [5.74, 6) is 2.97. The van der Waals surface area contributed by atoms with Crippen molar-refractivity contribution in [1.82, 2.24) is 20.1 Å². The molecule has 3 amide bonds. The molecule has 32 heavy (non-hydrogen) atoms. The zero-order valence-corrected chi connectivity index (χ0v) is 19.8. The summed E-state index contributed by atoms with van der Waals surface area (Å²) in [7, 11) is 0. The van der Waals surface area contributed by atoms with Crippen LogP contribution in [-0.4, -0.2) is 52.9 Å². The Balaban J connectivity index is 1.20. The van der Waals surface area contributed by atoms with Crippen molar-refractivity contribution in [3.05, 3.63) is 29.6 Å². The van der Waals surface area contributed by atoms with Gasteiger partial charge in [-0.2, -0.15) is 0 Å². The van der Waals surface area contributed by atoms with Gasteiger partial charge in [-0.25, -0.2) is 4.79 Å². The average molecular weight is 439 g/mol. The molecule has 1 N–H and O–H groups in total. The molecule has 0 aromatic carbocycles. The molecule has 2 heterocycles. The number of aryl methyl sites for hydroxylation is 1. The molecular weight excluding hydrogens is 400 g/mol. The summed E-state index contributed by atoms with van der Waals surface area (Å²) < 4.78 is 0. The monoisotopic (exact) mass is 438 g/mol. The fraction of sp³-hybridized carbons (Fsp3) is 0.731. The molecule has 0 radical (unpaired) electrons. The maximum atomic E-state index is 13.6. The second kappa shape index (κ2) is 8.35. The van der Waals surface area contributed by atoms with Crippen LogP contribution in [0.4, 0.5) is 4.79 Å². The molecule has 5 fully saturated rings. The minimum absolute atomic E-state index is 0.0457. The first-order chi connectivity index (χ1) is 15.3. The van der Waals surface area contributed by atoms with E-state index in [1.807, 2.05) is 24.0 Å². The summed E-state index contributed by atoms with van der Waals surface area (Å²) >= 11 is 0. The van der Waals surface area contributed by atoms with Gasteiger partial charge in [0.15, 0.2) is 0 Å². The third-order valence-corrected chi connectivity index (χ3v) is 8.64. The largest absolute Gasteiger partial charge is 0.339 e. The zero-order chi connectivity index (χ0) is 22.5. The van der Waals surface area contributed by atoms with Crippen LogP contribution in [0.5, 0.6) is 0 Å². The number of nitrogens with one attached hydrogen (secondary N) is 1. The Morgan fingerprint density at radius 2 is 1.56 bits per heavy atom. The van der Waals surface area contributed by atoms with E-state index < -0.39 is 0 Å². The van der Waals surface area contributed by atoms with E-state index in [0.29, 0.717) is 32.1 Å². The molecule has 1 unspecified atom stereocenters. The summed E-state index contributed by atoms with van der Waals surface area (Å²) in [6.45, 7) is 8.79. The average Bonchev–Trinajstić information content (AvgIpc) is 2.76. The van der Waals surface area contributed by atoms with Crippen molar-refractivity contribution in [3.8, 4) is 0 Å². The van der Waals surface area contributed by atoms with Crippen molar-refractivity contribution in [3.63, 3.8) is 0 Å². The number of pyridine rings is 1. The Morgan fingerprint density at radius 1 is 1.00 bits per heavy atom. The molecule has 4 saturated carbocycles. The van der Waals surface area contributed by atoms with Crippen LogP contribution in [0.25, 0.3) is 0 Å². The number of nitrogens with zero attached hydrogens (tertiary/aromatic N) is 3. The summed E-state index contributed by atoms with van der Waals surface area (Å²) in [4.78, 5) is 35.2. The highest BCUT2D eigenvalue weighted by molar-refractivity contribution is 5.84. The van der Waals surface area contributed by atoms with E-state index >= 15 is 0 Å². The van der Waals surface area contributed by atoms with E-state index in [4.69, 9.17) is 0 Å². The first-order valence-corrected chi connectivity index (χ1v) is 12.6. The van der Waals surface area contributed by atoms with Gasteiger partial charge in [-0.05, 0) is 80.8 Å². The molecule has 1 aromatic heterocycles. The van der Waals surface area contributed by atoms with Crippen LogP contribution in [0.15, 0.2) is 18.3 Å². The molecule has 1 aromatic rings. The van der Waals surface area contributed by atoms with Crippen molar-refractivity contribution in [2.75, 3.05) is 26.2 Å². The third-order valence-electron chi connectivity index (χ3n) is 8.64. The van der Waals surface area contributed by atoms with Gasteiger partial charge in [-0.3, -0.25) is 9.78 Å². The molecule has 1 saturated heterocycles. The van der Waals surface area contributed by atoms with Crippen molar-refractivity contribution >= 4 is 11.9 Å². The van der Waals surface area contributed by atoms with Crippen LogP contribution in [0.2, 0.25) is 0 Å². The van der Waals surface area contributed by atoms with Crippen LogP contribution in [0, 0.1) is 36.0 Å². The summed E-state index contributed by atoms with van der Waals surface area (Å²) in [5, 5.41) is 3.22. The lowest BCUT2D eigenvalue weighted by Crippen LogP contribution is -2.59. The van der Waals surface area contributed by atoms with E-state index in [9.17, 15) is 9.59 Å². The van der Waals surface area contributed by atoms with Crippen LogP contribution in [-0.2, 0) is 4.79 Å². The Kier molecular flexibility index (Phi) is 5.67. The molecule has 0 spiro atoms. The third kappa shape index (κ3) is 3.90. The Morgan fingerprint density at radius 3 is 2.09 bits per heavy atom. The van der Waals surface area contributed by atoms with Gasteiger partial charge in [0.05, 0.1) is 17.2 Å². The maximum Gasteiger partial charge on any atom is 0.318 e. The lowest BCUT2D eigenvalue weighted by atomic mass is 9.49. The van der Waals surface area contributed by atoms with E-state index in [0.717, 1.165) is 48.3 Å². The van der Waals surface area contributed by atoms with Gasteiger partial charge in [-0.1, -0.05) is 19.9 Å². The maximum absolute atomic E-state index is 13.6. The lowest BCUT2D eigenvalue weighted by molar-refractivity contribution is -0.159. The van der Waals surface area contributed by atoms with Crippen molar-refractivity contribution in [2.45, 2.75) is 65.3 Å². The lowest BCUT2D eigenvalue weighted by Gasteiger charge is -2.57. The van der Waals surface area contributed by atoms with E-state index in [2.05, 4.69) is 29.0 Å². The predicted molar refractivity (Wildman–Crippen MR) is 124 cm³/mol. The Labute approximate surface area is 192 Å². The fourth-order valence-corrected chi connectivity index (χ4v) is 7.42. The first kappa shape index (κ1) is 21.7. The van der Waals surface area contributed by atoms with Crippen LogP contribution >= 0.6 is 0 Å². The number of hydrogen-bond donors (Lipinski definition) is 1. The van der Waals surface area contributed by atoms with Crippen LogP contribution in [0.3, 0.4) is 0 Å². The number of aromatic nitrogens is 1. The minimum Gasteiger partial charge on any atom is -0.339 e. The van der Waals surface area contributed by atoms with Crippen molar-refractivity contribution in [2.24, 2.45) is 29.1 Å². The van der Waals surface area contributed by atoms with Gasteiger partial charge in [0.1, 0.15) is 0 Å². The summed E-state index contributed by atoms with van der Waals surface area (Å²) in [5.41, 5.74) is 1.95. The molecule has 4 bridgehead atoms.